The Balaban J connectivity index is 2.58. The molecule has 0 bridgehead atoms. The predicted octanol–water partition coefficient (Wildman–Crippen LogP) is 2.20. The molecule has 5 nitrogen and oxygen atoms in total. The molecule has 1 rings (SSSR count). The average Bonchev–Trinajstić information content (AvgIpc) is 2.43. The number of carbonyl (C=O) groups is 1. The number of hydrogen-bond acceptors (Lipinski definition) is 5. The molecule has 6 heteroatoms. The lowest BCUT2D eigenvalue weighted by Gasteiger charge is -2.13. The molecule has 0 saturated carbocycles. The number of ether oxygens (including phenoxy) is 4. The third kappa shape index (κ3) is 5.06. The molecule has 0 radical (unpaired) electrons. The zero-order valence-corrected chi connectivity index (χ0v) is 11.7. The van der Waals surface area contributed by atoms with Crippen LogP contribution in [0, 0.1) is 0 Å². The van der Waals surface area contributed by atoms with Crippen molar-refractivity contribution in [1.82, 2.24) is 0 Å². The summed E-state index contributed by atoms with van der Waals surface area (Å²) < 4.78 is 20.7. The minimum absolute atomic E-state index is 0.308. The first-order valence-corrected chi connectivity index (χ1v) is 6.13. The fourth-order valence-electron chi connectivity index (χ4n) is 1.43. The van der Waals surface area contributed by atoms with Gasteiger partial charge in [-0.05, 0) is 6.07 Å². The summed E-state index contributed by atoms with van der Waals surface area (Å²) in [5, 5.41) is 0.419. The third-order valence-corrected chi connectivity index (χ3v) is 2.52. The number of rotatable bonds is 9. The molecule has 0 fully saturated rings. The van der Waals surface area contributed by atoms with Gasteiger partial charge in [0, 0.05) is 18.2 Å². The van der Waals surface area contributed by atoms with Crippen LogP contribution in [0.25, 0.3) is 0 Å². The fraction of sp³-hybridized carbons (Fsp3) is 0.462. The molecule has 0 aliphatic rings. The van der Waals surface area contributed by atoms with E-state index in [-0.39, 0.29) is 0 Å². The molecule has 0 aliphatic carbocycles. The van der Waals surface area contributed by atoms with Crippen molar-refractivity contribution in [3.8, 4) is 11.5 Å². The van der Waals surface area contributed by atoms with Gasteiger partial charge in [-0.2, -0.15) is 0 Å². The number of hydrogen-bond donors (Lipinski definition) is 0. The Bertz CT molecular complexity index is 408. The minimum atomic E-state index is 0.308. The molecule has 0 amide bonds. The first-order chi connectivity index (χ1) is 9.22. The number of halogens is 1. The highest BCUT2D eigenvalue weighted by Gasteiger charge is 2.12. The van der Waals surface area contributed by atoms with Crippen LogP contribution in [0.1, 0.15) is 10.4 Å². The van der Waals surface area contributed by atoms with Crippen molar-refractivity contribution < 1.29 is 23.7 Å². The Morgan fingerprint density at radius 3 is 2.53 bits per heavy atom. The van der Waals surface area contributed by atoms with Gasteiger partial charge in [0.05, 0.1) is 32.5 Å². The lowest BCUT2D eigenvalue weighted by molar-refractivity contribution is 0.0538. The Morgan fingerprint density at radius 2 is 1.89 bits per heavy atom. The molecular weight excluding hydrogens is 272 g/mol. The zero-order valence-electron chi connectivity index (χ0n) is 11.0. The van der Waals surface area contributed by atoms with Crippen molar-refractivity contribution >= 4 is 17.9 Å². The molecule has 0 heterocycles. The van der Waals surface area contributed by atoms with Gasteiger partial charge in [0.15, 0.2) is 17.8 Å². The van der Waals surface area contributed by atoms with Crippen molar-refractivity contribution in [3.05, 3.63) is 22.7 Å². The summed E-state index contributed by atoms with van der Waals surface area (Å²) in [6.45, 7) is 1.73. The van der Waals surface area contributed by atoms with E-state index in [0.29, 0.717) is 54.8 Å². The topological polar surface area (TPSA) is 54.0 Å². The van der Waals surface area contributed by atoms with E-state index in [1.54, 1.807) is 13.2 Å². The maximum atomic E-state index is 11.0. The van der Waals surface area contributed by atoms with E-state index in [1.807, 2.05) is 0 Å². The summed E-state index contributed by atoms with van der Waals surface area (Å²) in [4.78, 5) is 11.0. The summed E-state index contributed by atoms with van der Waals surface area (Å²) in [7, 11) is 3.09. The first kappa shape index (κ1) is 15.8. The largest absolute Gasteiger partial charge is 0.493 e. The molecule has 0 saturated heterocycles. The maximum absolute atomic E-state index is 11.0. The average molecular weight is 289 g/mol. The Morgan fingerprint density at radius 1 is 1.16 bits per heavy atom. The third-order valence-electron chi connectivity index (χ3n) is 2.30. The molecule has 0 atom stereocenters. The van der Waals surface area contributed by atoms with Crippen LogP contribution in [0.2, 0.25) is 5.02 Å². The molecule has 1 aromatic carbocycles. The van der Waals surface area contributed by atoms with Crippen LogP contribution in [0.15, 0.2) is 12.1 Å². The molecule has 1 aromatic rings. The molecule has 0 N–H and O–H groups in total. The number of aldehydes is 1. The van der Waals surface area contributed by atoms with E-state index in [9.17, 15) is 4.79 Å². The summed E-state index contributed by atoms with van der Waals surface area (Å²) in [6, 6.07) is 3.12. The van der Waals surface area contributed by atoms with Crippen LogP contribution in [-0.2, 0) is 9.47 Å². The maximum Gasteiger partial charge on any atom is 0.171 e. The van der Waals surface area contributed by atoms with Crippen molar-refractivity contribution in [2.75, 3.05) is 40.6 Å². The van der Waals surface area contributed by atoms with Crippen molar-refractivity contribution in [2.24, 2.45) is 0 Å². The second-order valence-electron chi connectivity index (χ2n) is 3.60. The summed E-state index contributed by atoms with van der Waals surface area (Å²) in [5.74, 6) is 0.795. The van der Waals surface area contributed by atoms with E-state index in [4.69, 9.17) is 30.5 Å². The van der Waals surface area contributed by atoms with E-state index < -0.39 is 0 Å². The van der Waals surface area contributed by atoms with Gasteiger partial charge >= 0.3 is 0 Å². The smallest absolute Gasteiger partial charge is 0.171 e. The van der Waals surface area contributed by atoms with Gasteiger partial charge in [0.25, 0.3) is 0 Å². The number of carbonyl (C=O) groups excluding carboxylic acids is 1. The highest BCUT2D eigenvalue weighted by molar-refractivity contribution is 6.31. The van der Waals surface area contributed by atoms with Crippen LogP contribution in [0.3, 0.4) is 0 Å². The van der Waals surface area contributed by atoms with Crippen molar-refractivity contribution in [1.29, 1.82) is 0 Å². The second-order valence-corrected chi connectivity index (χ2v) is 4.03. The van der Waals surface area contributed by atoms with Crippen molar-refractivity contribution in [2.45, 2.75) is 0 Å². The molecule has 0 aromatic heterocycles. The van der Waals surface area contributed by atoms with Crippen LogP contribution < -0.4 is 9.47 Å². The Kier molecular flexibility index (Phi) is 7.25. The van der Waals surface area contributed by atoms with Gasteiger partial charge in [-0.3, -0.25) is 4.79 Å². The normalized spacial score (nSPS) is 10.3. The standard InChI is InChI=1S/C13H17ClO5/c1-16-3-4-18-5-6-19-13-10(9-15)7-11(14)8-12(13)17-2/h7-9H,3-6H2,1-2H3. The molecule has 0 spiro atoms. The lowest BCUT2D eigenvalue weighted by Crippen LogP contribution is -2.11. The van der Waals surface area contributed by atoms with E-state index in [0.717, 1.165) is 0 Å². The van der Waals surface area contributed by atoms with Crippen molar-refractivity contribution in [3.63, 3.8) is 0 Å². The Hall–Kier alpha value is -1.30. The molecular formula is C13H17ClO5. The molecule has 106 valence electrons. The predicted molar refractivity (Wildman–Crippen MR) is 71.6 cm³/mol. The van der Waals surface area contributed by atoms with E-state index in [2.05, 4.69) is 0 Å². The number of methoxy groups -OCH3 is 2. The Labute approximate surface area is 117 Å². The number of benzene rings is 1. The van der Waals surface area contributed by atoms with Gasteiger partial charge in [0.1, 0.15) is 6.61 Å². The summed E-state index contributed by atoms with van der Waals surface area (Å²) >= 11 is 5.87. The summed E-state index contributed by atoms with van der Waals surface area (Å²) in [6.07, 6.45) is 0.676. The van der Waals surface area contributed by atoms with Gasteiger partial charge in [-0.25, -0.2) is 0 Å². The monoisotopic (exact) mass is 288 g/mol. The SMILES string of the molecule is COCCOCCOc1c(C=O)cc(Cl)cc1OC. The fourth-order valence-corrected chi connectivity index (χ4v) is 1.65. The molecule has 19 heavy (non-hydrogen) atoms. The minimum Gasteiger partial charge on any atom is -0.493 e. The van der Waals surface area contributed by atoms with Crippen LogP contribution >= 0.6 is 11.6 Å². The first-order valence-electron chi connectivity index (χ1n) is 5.75. The van der Waals surface area contributed by atoms with Gasteiger partial charge in [-0.1, -0.05) is 11.6 Å². The van der Waals surface area contributed by atoms with Crippen LogP contribution in [0.5, 0.6) is 11.5 Å². The van der Waals surface area contributed by atoms with Gasteiger partial charge in [0.2, 0.25) is 0 Å². The van der Waals surface area contributed by atoms with Crippen LogP contribution in [0.4, 0.5) is 0 Å². The summed E-state index contributed by atoms with van der Waals surface area (Å²) in [5.41, 5.74) is 0.348. The zero-order chi connectivity index (χ0) is 14.1. The van der Waals surface area contributed by atoms with Crippen LogP contribution in [-0.4, -0.2) is 46.9 Å². The quantitative estimate of drug-likeness (QED) is 0.515. The van der Waals surface area contributed by atoms with Gasteiger partial charge in [-0.15, -0.1) is 0 Å². The second kappa shape index (κ2) is 8.74. The van der Waals surface area contributed by atoms with Gasteiger partial charge < -0.3 is 18.9 Å². The highest BCUT2D eigenvalue weighted by atomic mass is 35.5. The van der Waals surface area contributed by atoms with E-state index >= 15 is 0 Å². The highest BCUT2D eigenvalue weighted by Crippen LogP contribution is 2.33. The van der Waals surface area contributed by atoms with E-state index in [1.165, 1.54) is 13.2 Å². The molecule has 0 unspecified atom stereocenters. The molecule has 0 aliphatic heterocycles. The lowest BCUT2D eigenvalue weighted by atomic mass is 10.2.